The van der Waals surface area contributed by atoms with E-state index in [2.05, 4.69) is 20.6 Å². The van der Waals surface area contributed by atoms with E-state index in [0.717, 1.165) is 28.8 Å². The molecular weight excluding hydrogens is 480 g/mol. The minimum Gasteiger partial charge on any atom is -0.361 e. The Hall–Kier alpha value is -1.49. The topological polar surface area (TPSA) is 72.5 Å². The maximum Gasteiger partial charge on any atom is 0.243 e. The van der Waals surface area contributed by atoms with Crippen LogP contribution in [0.25, 0.3) is 10.9 Å². The number of aliphatic imine (C=N–C) groups is 1. The molecule has 0 bridgehead atoms. The molecule has 1 heterocycles. The fourth-order valence-electron chi connectivity index (χ4n) is 2.41. The van der Waals surface area contributed by atoms with Gasteiger partial charge in [-0.15, -0.1) is 24.0 Å². The molecule has 2 rings (SSSR count). The van der Waals surface area contributed by atoms with Crippen LogP contribution in [0, 0.1) is 5.82 Å². The third-order valence-corrected chi connectivity index (χ3v) is 4.50. The number of hydrogen-bond acceptors (Lipinski definition) is 3. The number of guanidine groups is 1. The first-order valence-electron chi connectivity index (χ1n) is 8.48. The smallest absolute Gasteiger partial charge is 0.243 e. The van der Waals surface area contributed by atoms with Crippen LogP contribution < -0.4 is 10.6 Å². The Kier molecular flexibility index (Phi) is 10.5. The number of thioether (sulfide) groups is 1. The first-order valence-corrected chi connectivity index (χ1v) is 9.87. The highest BCUT2D eigenvalue weighted by atomic mass is 127. The average molecular weight is 507 g/mol. The van der Waals surface area contributed by atoms with Gasteiger partial charge in [0.05, 0.1) is 0 Å². The lowest BCUT2D eigenvalue weighted by atomic mass is 10.1. The van der Waals surface area contributed by atoms with Crippen molar-refractivity contribution in [3.8, 4) is 0 Å². The molecule has 0 atom stereocenters. The molecule has 150 valence electrons. The second kappa shape index (κ2) is 12.1. The Morgan fingerprint density at radius 1 is 1.30 bits per heavy atom. The summed E-state index contributed by atoms with van der Waals surface area (Å²) in [6, 6.07) is 4.73. The van der Waals surface area contributed by atoms with Crippen molar-refractivity contribution in [2.45, 2.75) is 6.42 Å². The van der Waals surface area contributed by atoms with Crippen molar-refractivity contribution in [1.82, 2.24) is 20.5 Å². The molecule has 0 fully saturated rings. The van der Waals surface area contributed by atoms with Crippen LogP contribution in [0.5, 0.6) is 0 Å². The van der Waals surface area contributed by atoms with Gasteiger partial charge in [-0.05, 0) is 36.4 Å². The molecule has 0 aliphatic heterocycles. The van der Waals surface area contributed by atoms with E-state index in [0.29, 0.717) is 18.9 Å². The molecular formula is C18H27FIN5OS. The number of rotatable bonds is 8. The second-order valence-corrected chi connectivity index (χ2v) is 7.04. The Morgan fingerprint density at radius 2 is 2.04 bits per heavy atom. The maximum absolute atomic E-state index is 13.5. The molecule has 2 aromatic rings. The molecule has 1 amide bonds. The minimum atomic E-state index is -0.241. The van der Waals surface area contributed by atoms with E-state index in [1.807, 2.05) is 12.5 Å². The molecule has 0 radical (unpaired) electrons. The predicted octanol–water partition coefficient (Wildman–Crippen LogP) is 2.45. The number of carbonyl (C=O) groups is 1. The van der Waals surface area contributed by atoms with E-state index >= 15 is 0 Å². The van der Waals surface area contributed by atoms with Gasteiger partial charge in [0.25, 0.3) is 0 Å². The Morgan fingerprint density at radius 3 is 2.74 bits per heavy atom. The van der Waals surface area contributed by atoms with Crippen molar-refractivity contribution in [2.24, 2.45) is 4.99 Å². The fourth-order valence-corrected chi connectivity index (χ4v) is 2.71. The summed E-state index contributed by atoms with van der Waals surface area (Å²) < 4.78 is 13.5. The van der Waals surface area contributed by atoms with E-state index in [9.17, 15) is 9.18 Å². The molecule has 0 saturated heterocycles. The fraction of sp³-hybridized carbons (Fsp3) is 0.444. The van der Waals surface area contributed by atoms with Crippen LogP contribution >= 0.6 is 35.7 Å². The number of halogens is 2. The summed E-state index contributed by atoms with van der Waals surface area (Å²) in [6.45, 7) is 1.49. The molecule has 0 unspecified atom stereocenters. The zero-order valence-corrected chi connectivity index (χ0v) is 19.0. The monoisotopic (exact) mass is 507 g/mol. The van der Waals surface area contributed by atoms with Crippen molar-refractivity contribution in [2.75, 3.05) is 45.7 Å². The molecule has 0 saturated carbocycles. The minimum absolute atomic E-state index is 0. The number of hydrogen-bond donors (Lipinski definition) is 3. The molecule has 1 aromatic carbocycles. The highest BCUT2D eigenvalue weighted by Crippen LogP contribution is 2.19. The third-order valence-electron chi connectivity index (χ3n) is 3.89. The number of amides is 1. The molecule has 1 aromatic heterocycles. The number of aromatic nitrogens is 1. The van der Waals surface area contributed by atoms with Crippen molar-refractivity contribution in [3.63, 3.8) is 0 Å². The van der Waals surface area contributed by atoms with E-state index in [1.165, 1.54) is 11.0 Å². The van der Waals surface area contributed by atoms with Crippen molar-refractivity contribution < 1.29 is 9.18 Å². The number of carbonyl (C=O) groups excluding carboxylic acids is 1. The largest absolute Gasteiger partial charge is 0.361 e. The number of benzene rings is 1. The van der Waals surface area contributed by atoms with Gasteiger partial charge in [0.15, 0.2) is 5.96 Å². The summed E-state index contributed by atoms with van der Waals surface area (Å²) in [7, 11) is 3.42. The predicted molar refractivity (Wildman–Crippen MR) is 123 cm³/mol. The van der Waals surface area contributed by atoms with E-state index < -0.39 is 0 Å². The van der Waals surface area contributed by atoms with E-state index in [1.54, 1.807) is 38.0 Å². The van der Waals surface area contributed by atoms with Gasteiger partial charge in [-0.25, -0.2) is 9.38 Å². The normalized spacial score (nSPS) is 11.2. The summed E-state index contributed by atoms with van der Waals surface area (Å²) in [4.78, 5) is 20.7. The number of nitrogens with zero attached hydrogens (tertiary/aromatic N) is 2. The van der Waals surface area contributed by atoms with Gasteiger partial charge in [0.2, 0.25) is 5.91 Å². The highest BCUT2D eigenvalue weighted by molar-refractivity contribution is 14.0. The van der Waals surface area contributed by atoms with Crippen molar-refractivity contribution in [3.05, 3.63) is 35.8 Å². The van der Waals surface area contributed by atoms with Crippen LogP contribution in [-0.2, 0) is 11.2 Å². The van der Waals surface area contributed by atoms with E-state index in [4.69, 9.17) is 0 Å². The van der Waals surface area contributed by atoms with Gasteiger partial charge in [-0.3, -0.25) is 4.79 Å². The summed E-state index contributed by atoms with van der Waals surface area (Å²) in [6.07, 6.45) is 4.66. The van der Waals surface area contributed by atoms with E-state index in [-0.39, 0.29) is 42.2 Å². The van der Waals surface area contributed by atoms with Gasteiger partial charge in [0.1, 0.15) is 12.4 Å². The molecule has 0 aliphatic rings. The van der Waals surface area contributed by atoms with Crippen LogP contribution in [0.15, 0.2) is 29.4 Å². The summed E-state index contributed by atoms with van der Waals surface area (Å²) in [5.41, 5.74) is 1.96. The zero-order valence-electron chi connectivity index (χ0n) is 15.8. The van der Waals surface area contributed by atoms with Crippen LogP contribution in [0.2, 0.25) is 0 Å². The molecule has 6 nitrogen and oxygen atoms in total. The Bertz CT molecular complexity index is 765. The molecule has 0 aliphatic carbocycles. The SMILES string of the molecule is CSCCNC(=NCC(=O)N(C)C)NCCc1c[nH]c2ccc(F)cc12.I. The summed E-state index contributed by atoms with van der Waals surface area (Å²) in [5.74, 6) is 1.27. The van der Waals surface area contributed by atoms with Crippen molar-refractivity contribution in [1.29, 1.82) is 0 Å². The third kappa shape index (κ3) is 7.57. The maximum atomic E-state index is 13.5. The van der Waals surface area contributed by atoms with Gasteiger partial charge < -0.3 is 20.5 Å². The molecule has 0 spiro atoms. The zero-order chi connectivity index (χ0) is 18.9. The van der Waals surface area contributed by atoms with Gasteiger partial charge in [-0.1, -0.05) is 0 Å². The molecule has 27 heavy (non-hydrogen) atoms. The van der Waals surface area contributed by atoms with Gasteiger partial charge >= 0.3 is 0 Å². The second-order valence-electron chi connectivity index (χ2n) is 6.05. The number of fused-ring (bicyclic) bond motifs is 1. The lowest BCUT2D eigenvalue weighted by molar-refractivity contribution is -0.127. The van der Waals surface area contributed by atoms with Gasteiger partial charge in [0, 0.05) is 50.0 Å². The summed E-state index contributed by atoms with van der Waals surface area (Å²) >= 11 is 1.74. The van der Waals surface area contributed by atoms with Gasteiger partial charge in [-0.2, -0.15) is 11.8 Å². The van der Waals surface area contributed by atoms with Crippen molar-refractivity contribution >= 4 is 58.5 Å². The lowest BCUT2D eigenvalue weighted by Crippen LogP contribution is -2.40. The first-order chi connectivity index (χ1) is 12.5. The van der Waals surface area contributed by atoms with Crippen LogP contribution in [0.4, 0.5) is 4.39 Å². The molecule has 9 heteroatoms. The Labute approximate surface area is 180 Å². The first kappa shape index (κ1) is 23.5. The summed E-state index contributed by atoms with van der Waals surface area (Å²) in [5, 5.41) is 7.35. The van der Waals surface area contributed by atoms with Crippen LogP contribution in [0.3, 0.4) is 0 Å². The standard InChI is InChI=1S/C18H26FN5OS.HI/c1-24(2)17(25)12-23-18(21-8-9-26-3)20-7-6-13-11-22-16-5-4-14(19)10-15(13)16;/h4-5,10-11,22H,6-9,12H2,1-3H3,(H2,20,21,23);1H. The highest BCUT2D eigenvalue weighted by Gasteiger charge is 2.07. The van der Waals surface area contributed by atoms with Crippen LogP contribution in [-0.4, -0.2) is 67.5 Å². The van der Waals surface area contributed by atoms with Crippen LogP contribution in [0.1, 0.15) is 5.56 Å². The quantitative estimate of drug-likeness (QED) is 0.222. The number of H-pyrrole nitrogens is 1. The number of aromatic amines is 1. The number of nitrogens with one attached hydrogen (secondary N) is 3. The molecule has 3 N–H and O–H groups in total. The Balaban J connectivity index is 0.00000364. The number of likely N-dealkylation sites (N-methyl/N-ethyl adjacent to an activating group) is 1. The average Bonchev–Trinajstić information content (AvgIpc) is 3.01. The lowest BCUT2D eigenvalue weighted by Gasteiger charge is -2.13.